The van der Waals surface area contributed by atoms with Crippen LogP contribution in [0.5, 0.6) is 0 Å². The third kappa shape index (κ3) is 4.61. The van der Waals surface area contributed by atoms with E-state index in [-0.39, 0.29) is 45.5 Å². The van der Waals surface area contributed by atoms with Gasteiger partial charge in [0, 0.05) is 6.42 Å². The number of hydrogen-bond acceptors (Lipinski definition) is 4. The molecule has 3 heterocycles. The first-order valence-electron chi connectivity index (χ1n) is 12.7. The van der Waals surface area contributed by atoms with Gasteiger partial charge in [-0.1, -0.05) is 72.4 Å². The fourth-order valence-corrected chi connectivity index (χ4v) is 7.98. The molecular formula is C28H22Cl4F4N2O2S. The molecule has 1 saturated carbocycles. The summed E-state index contributed by atoms with van der Waals surface area (Å²) < 4.78 is 65.4. The van der Waals surface area contributed by atoms with Crippen LogP contribution in [0.1, 0.15) is 42.5 Å². The van der Waals surface area contributed by atoms with Crippen molar-refractivity contribution in [2.75, 3.05) is 13.1 Å². The molecule has 0 bridgehead atoms. The van der Waals surface area contributed by atoms with Crippen molar-refractivity contribution in [2.24, 2.45) is 21.6 Å². The molecule has 0 radical (unpaired) electrons. The summed E-state index contributed by atoms with van der Waals surface area (Å²) in [5.74, 6) is -1.20. The highest BCUT2D eigenvalue weighted by Crippen LogP contribution is 2.61. The molecule has 13 heteroatoms. The van der Waals surface area contributed by atoms with Crippen molar-refractivity contribution in [3.05, 3.63) is 79.0 Å². The van der Waals surface area contributed by atoms with Gasteiger partial charge in [-0.2, -0.15) is 13.2 Å². The van der Waals surface area contributed by atoms with Crippen LogP contribution in [-0.4, -0.2) is 35.8 Å². The summed E-state index contributed by atoms with van der Waals surface area (Å²) in [4.78, 5) is 15.0. The summed E-state index contributed by atoms with van der Waals surface area (Å²) >= 11 is 23.7. The van der Waals surface area contributed by atoms with E-state index in [0.717, 1.165) is 23.3 Å². The highest BCUT2D eigenvalue weighted by molar-refractivity contribution is 7.99. The average molecular weight is 668 g/mol. The molecule has 3 aliphatic heterocycles. The normalized spacial score (nSPS) is 27.4. The van der Waals surface area contributed by atoms with Crippen LogP contribution in [0, 0.1) is 23.1 Å². The second kappa shape index (κ2) is 9.76. The van der Waals surface area contributed by atoms with E-state index >= 15 is 0 Å². The molecule has 2 aromatic rings. The van der Waals surface area contributed by atoms with E-state index in [2.05, 4.69) is 4.40 Å². The van der Waals surface area contributed by atoms with Crippen LogP contribution in [0.4, 0.5) is 17.6 Å². The Hall–Kier alpha value is -1.49. The van der Waals surface area contributed by atoms with Crippen LogP contribution in [-0.2, 0) is 26.5 Å². The first-order valence-corrected chi connectivity index (χ1v) is 14.9. The van der Waals surface area contributed by atoms with Crippen molar-refractivity contribution in [1.29, 1.82) is 0 Å². The Labute approximate surface area is 258 Å². The number of carbonyl (C=O) groups excluding carboxylic acids is 1. The number of fused-ring (bicyclic) bond motifs is 2. The highest BCUT2D eigenvalue weighted by Gasteiger charge is 2.64. The monoisotopic (exact) mass is 666 g/mol. The zero-order valence-corrected chi connectivity index (χ0v) is 25.4. The summed E-state index contributed by atoms with van der Waals surface area (Å²) in [6.45, 7) is 5.04. The number of ether oxygens (including phenoxy) is 1. The van der Waals surface area contributed by atoms with Gasteiger partial charge in [0.25, 0.3) is 0 Å². The number of alkyl halides is 3. The standard InChI is InChI=1S/C28H22Cl4F4N2O2S/c1-25(2)17(8-21(31)32)22(25)24(39)38-11-26(12-38)16-4-3-13(5-14(16)10-40-26)20-9-27(41-37-20,28(34,35)36)15-6-18(29)23(33)19(30)7-15/h3-8,17,22H,9-12H2,1-2H3/t17-,22-,27+/m1/s1. The van der Waals surface area contributed by atoms with E-state index in [1.54, 1.807) is 23.1 Å². The number of hydrogen-bond donors (Lipinski definition) is 0. The lowest BCUT2D eigenvalue weighted by atomic mass is 9.83. The molecule has 0 unspecified atom stereocenters. The van der Waals surface area contributed by atoms with Gasteiger partial charge in [0.15, 0.2) is 10.6 Å². The van der Waals surface area contributed by atoms with Crippen LogP contribution in [0.2, 0.25) is 10.0 Å². The molecule has 4 aliphatic rings. The summed E-state index contributed by atoms with van der Waals surface area (Å²) in [5.41, 5.74) is 1.36. The molecule has 2 fully saturated rings. The van der Waals surface area contributed by atoms with Crippen LogP contribution >= 0.6 is 58.4 Å². The SMILES string of the molecule is CC1(C)[C@H](C=C(Cl)Cl)[C@@H]1C(=O)N1CC2(C1)OCc1cc(C3=NS[C@@](c4cc(Cl)c(F)c(Cl)c4)(C(F)(F)F)C3)ccc12. The number of rotatable bonds is 4. The molecule has 3 atom stereocenters. The maximum Gasteiger partial charge on any atom is 0.409 e. The number of benzene rings is 2. The Balaban J connectivity index is 1.20. The predicted molar refractivity (Wildman–Crippen MR) is 153 cm³/mol. The molecule has 1 amide bonds. The average Bonchev–Trinajstić information content (AvgIpc) is 3.24. The van der Waals surface area contributed by atoms with E-state index in [4.69, 9.17) is 51.1 Å². The van der Waals surface area contributed by atoms with Gasteiger partial charge in [0.2, 0.25) is 5.91 Å². The number of halogens is 8. The fraction of sp³-hybridized carbons (Fsp3) is 0.429. The summed E-state index contributed by atoms with van der Waals surface area (Å²) in [5, 5.41) is -0.975. The second-order valence-corrected chi connectivity index (χ2v) is 14.4. The first kappa shape index (κ1) is 29.6. The van der Waals surface area contributed by atoms with Crippen molar-refractivity contribution in [2.45, 2.75) is 43.4 Å². The largest absolute Gasteiger partial charge is 0.409 e. The van der Waals surface area contributed by atoms with E-state index in [1.165, 1.54) is 0 Å². The van der Waals surface area contributed by atoms with Crippen molar-refractivity contribution >= 4 is 70.0 Å². The molecule has 1 aliphatic carbocycles. The molecule has 1 spiro atoms. The maximum atomic E-state index is 14.5. The van der Waals surface area contributed by atoms with Crippen molar-refractivity contribution in [3.8, 4) is 0 Å². The van der Waals surface area contributed by atoms with Crippen LogP contribution in [0.15, 0.2) is 45.3 Å². The van der Waals surface area contributed by atoms with Gasteiger partial charge >= 0.3 is 6.18 Å². The Bertz CT molecular complexity index is 1510. The third-order valence-corrected chi connectivity index (χ3v) is 10.8. The number of amides is 1. The zero-order chi connectivity index (χ0) is 29.7. The smallest absolute Gasteiger partial charge is 0.362 e. The number of allylic oxidation sites excluding steroid dienone is 1. The molecule has 6 rings (SSSR count). The highest BCUT2D eigenvalue weighted by atomic mass is 35.5. The number of likely N-dealkylation sites (tertiary alicyclic amines) is 1. The van der Waals surface area contributed by atoms with Gasteiger partial charge in [-0.3, -0.25) is 4.79 Å². The maximum absolute atomic E-state index is 14.5. The van der Waals surface area contributed by atoms with Crippen LogP contribution in [0.25, 0.3) is 0 Å². The molecular weight excluding hydrogens is 646 g/mol. The van der Waals surface area contributed by atoms with E-state index in [9.17, 15) is 22.4 Å². The summed E-state index contributed by atoms with van der Waals surface area (Å²) in [6.07, 6.45) is -3.49. The molecule has 218 valence electrons. The molecule has 4 nitrogen and oxygen atoms in total. The van der Waals surface area contributed by atoms with Gasteiger partial charge in [0.05, 0.1) is 41.4 Å². The third-order valence-electron chi connectivity index (χ3n) is 8.76. The Morgan fingerprint density at radius 3 is 2.41 bits per heavy atom. The van der Waals surface area contributed by atoms with Crippen molar-refractivity contribution in [3.63, 3.8) is 0 Å². The lowest BCUT2D eigenvalue weighted by molar-refractivity contribution is -0.170. The van der Waals surface area contributed by atoms with Crippen LogP contribution in [0.3, 0.4) is 0 Å². The summed E-state index contributed by atoms with van der Waals surface area (Å²) in [6, 6.07) is 7.27. The quantitative estimate of drug-likeness (QED) is 0.186. The lowest BCUT2D eigenvalue weighted by Gasteiger charge is -2.48. The second-order valence-electron chi connectivity index (χ2n) is 11.5. The molecule has 2 aromatic carbocycles. The van der Waals surface area contributed by atoms with Gasteiger partial charge in [0.1, 0.15) is 10.1 Å². The van der Waals surface area contributed by atoms with E-state index in [1.807, 2.05) is 19.9 Å². The molecule has 41 heavy (non-hydrogen) atoms. The van der Waals surface area contributed by atoms with E-state index < -0.39 is 38.8 Å². The number of carbonyl (C=O) groups is 1. The van der Waals surface area contributed by atoms with Crippen molar-refractivity contribution < 1.29 is 27.1 Å². The zero-order valence-electron chi connectivity index (χ0n) is 21.6. The fourth-order valence-electron chi connectivity index (χ4n) is 6.26. The Morgan fingerprint density at radius 2 is 1.80 bits per heavy atom. The predicted octanol–water partition coefficient (Wildman–Crippen LogP) is 8.59. The number of nitrogens with zero attached hydrogens (tertiary/aromatic N) is 2. The Kier molecular flexibility index (Phi) is 7.04. The van der Waals surface area contributed by atoms with Crippen LogP contribution < -0.4 is 0 Å². The minimum atomic E-state index is -4.72. The Morgan fingerprint density at radius 1 is 1.15 bits per heavy atom. The summed E-state index contributed by atoms with van der Waals surface area (Å²) in [7, 11) is 0. The van der Waals surface area contributed by atoms with E-state index in [0.29, 0.717) is 30.6 Å². The lowest BCUT2D eigenvalue weighted by Crippen LogP contribution is -2.61. The minimum Gasteiger partial charge on any atom is -0.362 e. The van der Waals surface area contributed by atoms with Gasteiger partial charge < -0.3 is 9.64 Å². The molecule has 1 saturated heterocycles. The molecule has 0 aromatic heterocycles. The van der Waals surface area contributed by atoms with Gasteiger partial charge in [-0.25, -0.2) is 8.79 Å². The van der Waals surface area contributed by atoms with Crippen molar-refractivity contribution in [1.82, 2.24) is 4.90 Å². The minimum absolute atomic E-state index is 0.0203. The topological polar surface area (TPSA) is 41.9 Å². The first-order chi connectivity index (χ1) is 19.1. The van der Waals surface area contributed by atoms with Gasteiger partial charge in [-0.15, -0.1) is 0 Å². The van der Waals surface area contributed by atoms with Gasteiger partial charge in [-0.05, 0) is 69.8 Å². The molecule has 0 N–H and O–H groups in total.